The number of anilines is 1. The van der Waals surface area contributed by atoms with Crippen LogP contribution in [0.25, 0.3) is 0 Å². The molecular weight excluding hydrogens is 340 g/mol. The monoisotopic (exact) mass is 360 g/mol. The van der Waals surface area contributed by atoms with Gasteiger partial charge in [-0.3, -0.25) is 0 Å². The van der Waals surface area contributed by atoms with E-state index in [1.807, 2.05) is 37.3 Å². The zero-order chi connectivity index (χ0) is 17.8. The van der Waals surface area contributed by atoms with Crippen molar-refractivity contribution in [3.63, 3.8) is 0 Å². The number of hydrogen-bond donors (Lipinski definition) is 1. The molecule has 0 radical (unpaired) electrons. The number of nitrogens with zero attached hydrogens (tertiary/aromatic N) is 1. The zero-order valence-corrected chi connectivity index (χ0v) is 15.0. The van der Waals surface area contributed by atoms with E-state index in [4.69, 9.17) is 21.1 Å². The molecule has 1 heterocycles. The molecule has 0 aromatic heterocycles. The van der Waals surface area contributed by atoms with Crippen molar-refractivity contribution in [3.8, 4) is 5.75 Å². The first-order valence-corrected chi connectivity index (χ1v) is 8.53. The molecule has 0 bridgehead atoms. The quantitative estimate of drug-likeness (QED) is 0.885. The van der Waals surface area contributed by atoms with Gasteiger partial charge >= 0.3 is 6.03 Å². The summed E-state index contributed by atoms with van der Waals surface area (Å²) in [6.45, 7) is 2.95. The van der Waals surface area contributed by atoms with Gasteiger partial charge in [-0.2, -0.15) is 0 Å². The van der Waals surface area contributed by atoms with Crippen LogP contribution >= 0.6 is 11.6 Å². The molecule has 2 atom stereocenters. The number of urea groups is 1. The number of carbonyl (C=O) groups is 1. The molecule has 25 heavy (non-hydrogen) atoms. The lowest BCUT2D eigenvalue weighted by Gasteiger charge is -2.38. The predicted octanol–water partition coefficient (Wildman–Crippen LogP) is 4.34. The minimum Gasteiger partial charge on any atom is -0.497 e. The fourth-order valence-electron chi connectivity index (χ4n) is 2.82. The van der Waals surface area contributed by atoms with Crippen molar-refractivity contribution < 1.29 is 14.3 Å². The maximum Gasteiger partial charge on any atom is 0.322 e. The van der Waals surface area contributed by atoms with E-state index in [-0.39, 0.29) is 18.2 Å². The summed E-state index contributed by atoms with van der Waals surface area (Å²) in [7, 11) is 1.63. The van der Waals surface area contributed by atoms with Crippen molar-refractivity contribution in [1.82, 2.24) is 4.90 Å². The van der Waals surface area contributed by atoms with Gasteiger partial charge in [0.15, 0.2) is 0 Å². The Morgan fingerprint density at radius 2 is 2.04 bits per heavy atom. The standard InChI is InChI=1S/C19H21ClN2O3/c1-13-12-25-18(14-6-8-17(24-2)9-7-14)11-22(13)19(23)21-16-5-3-4-15(20)10-16/h3-10,13,18H,11-12H2,1-2H3,(H,21,23). The van der Waals surface area contributed by atoms with Crippen LogP contribution < -0.4 is 10.1 Å². The van der Waals surface area contributed by atoms with Gasteiger partial charge in [0.25, 0.3) is 0 Å². The molecule has 0 saturated carbocycles. The van der Waals surface area contributed by atoms with Crippen molar-refractivity contribution in [2.24, 2.45) is 0 Å². The van der Waals surface area contributed by atoms with Gasteiger partial charge in [0, 0.05) is 10.7 Å². The Bertz CT molecular complexity index is 736. The second kappa shape index (κ2) is 7.76. The number of nitrogens with one attached hydrogen (secondary N) is 1. The average molecular weight is 361 g/mol. The van der Waals surface area contributed by atoms with Gasteiger partial charge in [-0.05, 0) is 42.8 Å². The molecule has 2 aromatic rings. The van der Waals surface area contributed by atoms with Crippen molar-refractivity contribution in [2.75, 3.05) is 25.6 Å². The summed E-state index contributed by atoms with van der Waals surface area (Å²) in [5.74, 6) is 0.795. The maximum absolute atomic E-state index is 12.7. The highest BCUT2D eigenvalue weighted by Crippen LogP contribution is 2.27. The Hall–Kier alpha value is -2.24. The van der Waals surface area contributed by atoms with Crippen LogP contribution in [-0.4, -0.2) is 37.2 Å². The first kappa shape index (κ1) is 17.6. The second-order valence-corrected chi connectivity index (χ2v) is 6.47. The van der Waals surface area contributed by atoms with Gasteiger partial charge in [-0.15, -0.1) is 0 Å². The fourth-order valence-corrected chi connectivity index (χ4v) is 3.01. The molecule has 1 fully saturated rings. The van der Waals surface area contributed by atoms with Crippen LogP contribution in [0.15, 0.2) is 48.5 Å². The number of methoxy groups -OCH3 is 1. The SMILES string of the molecule is COc1ccc(C2CN(C(=O)Nc3cccc(Cl)c3)C(C)CO2)cc1. The Balaban J connectivity index is 1.70. The van der Waals surface area contributed by atoms with E-state index in [0.29, 0.717) is 23.9 Å². The van der Waals surface area contributed by atoms with E-state index >= 15 is 0 Å². The normalized spacial score (nSPS) is 20.2. The van der Waals surface area contributed by atoms with Crippen molar-refractivity contribution in [3.05, 3.63) is 59.1 Å². The highest BCUT2D eigenvalue weighted by atomic mass is 35.5. The van der Waals surface area contributed by atoms with Crippen LogP contribution in [0.3, 0.4) is 0 Å². The largest absolute Gasteiger partial charge is 0.497 e. The Morgan fingerprint density at radius 3 is 2.72 bits per heavy atom. The summed E-state index contributed by atoms with van der Waals surface area (Å²) >= 11 is 5.98. The van der Waals surface area contributed by atoms with Crippen LogP contribution in [0.5, 0.6) is 5.75 Å². The summed E-state index contributed by atoms with van der Waals surface area (Å²) in [5.41, 5.74) is 1.70. The molecule has 3 rings (SSSR count). The molecule has 6 heteroatoms. The smallest absolute Gasteiger partial charge is 0.322 e. The molecule has 2 unspecified atom stereocenters. The second-order valence-electron chi connectivity index (χ2n) is 6.04. The summed E-state index contributed by atoms with van der Waals surface area (Å²) in [4.78, 5) is 14.5. The van der Waals surface area contributed by atoms with Gasteiger partial charge in [0.1, 0.15) is 11.9 Å². The molecule has 1 saturated heterocycles. The first-order valence-electron chi connectivity index (χ1n) is 8.15. The molecule has 2 aromatic carbocycles. The summed E-state index contributed by atoms with van der Waals surface area (Å²) in [5, 5.41) is 3.49. The molecule has 1 N–H and O–H groups in total. The number of hydrogen-bond acceptors (Lipinski definition) is 3. The molecule has 1 aliphatic rings. The van der Waals surface area contributed by atoms with Gasteiger partial charge in [0.05, 0.1) is 26.3 Å². The van der Waals surface area contributed by atoms with E-state index in [0.717, 1.165) is 11.3 Å². The van der Waals surface area contributed by atoms with Crippen molar-refractivity contribution in [2.45, 2.75) is 19.1 Å². The van der Waals surface area contributed by atoms with E-state index in [9.17, 15) is 4.79 Å². The molecule has 0 aliphatic carbocycles. The van der Waals surface area contributed by atoms with Crippen LogP contribution in [0.4, 0.5) is 10.5 Å². The van der Waals surface area contributed by atoms with Crippen LogP contribution in [-0.2, 0) is 4.74 Å². The number of benzene rings is 2. The molecular formula is C19H21ClN2O3. The third-order valence-electron chi connectivity index (χ3n) is 4.26. The number of halogens is 1. The van der Waals surface area contributed by atoms with E-state index in [2.05, 4.69) is 5.32 Å². The predicted molar refractivity (Wildman–Crippen MR) is 98.3 cm³/mol. The highest BCUT2D eigenvalue weighted by Gasteiger charge is 2.30. The highest BCUT2D eigenvalue weighted by molar-refractivity contribution is 6.30. The third kappa shape index (κ3) is 4.24. The zero-order valence-electron chi connectivity index (χ0n) is 14.2. The van der Waals surface area contributed by atoms with Crippen LogP contribution in [0.2, 0.25) is 5.02 Å². The Morgan fingerprint density at radius 1 is 1.28 bits per heavy atom. The number of morpholine rings is 1. The van der Waals surface area contributed by atoms with Crippen LogP contribution in [0.1, 0.15) is 18.6 Å². The van der Waals surface area contributed by atoms with Gasteiger partial charge in [-0.25, -0.2) is 4.79 Å². The van der Waals surface area contributed by atoms with Gasteiger partial charge in [-0.1, -0.05) is 29.8 Å². The van der Waals surface area contributed by atoms with Gasteiger partial charge < -0.3 is 19.7 Å². The lowest BCUT2D eigenvalue weighted by molar-refractivity contribution is -0.0407. The molecule has 2 amide bonds. The summed E-state index contributed by atoms with van der Waals surface area (Å²) < 4.78 is 11.1. The molecule has 132 valence electrons. The van der Waals surface area contributed by atoms with Crippen LogP contribution in [0, 0.1) is 0 Å². The number of carbonyl (C=O) groups excluding carboxylic acids is 1. The molecule has 5 nitrogen and oxygen atoms in total. The molecule has 1 aliphatic heterocycles. The number of ether oxygens (including phenoxy) is 2. The topological polar surface area (TPSA) is 50.8 Å². The molecule has 0 spiro atoms. The summed E-state index contributed by atoms with van der Waals surface area (Å²) in [6.07, 6.45) is -0.160. The average Bonchev–Trinajstić information content (AvgIpc) is 2.62. The Labute approximate surface area is 152 Å². The number of rotatable bonds is 3. The third-order valence-corrected chi connectivity index (χ3v) is 4.49. The lowest BCUT2D eigenvalue weighted by atomic mass is 10.1. The van der Waals surface area contributed by atoms with Gasteiger partial charge in [0.2, 0.25) is 0 Å². The lowest BCUT2D eigenvalue weighted by Crippen LogP contribution is -2.49. The Kier molecular flexibility index (Phi) is 5.46. The summed E-state index contributed by atoms with van der Waals surface area (Å²) in [6, 6.07) is 14.7. The van der Waals surface area contributed by atoms with E-state index in [1.54, 1.807) is 30.2 Å². The number of amides is 2. The maximum atomic E-state index is 12.7. The van der Waals surface area contributed by atoms with Crippen molar-refractivity contribution >= 4 is 23.3 Å². The minimum absolute atomic E-state index is 0.00585. The fraction of sp³-hybridized carbons (Fsp3) is 0.316. The first-order chi connectivity index (χ1) is 12.1. The van der Waals surface area contributed by atoms with Crippen molar-refractivity contribution in [1.29, 1.82) is 0 Å². The minimum atomic E-state index is -0.160. The van der Waals surface area contributed by atoms with E-state index in [1.165, 1.54) is 0 Å². The van der Waals surface area contributed by atoms with E-state index < -0.39 is 0 Å².